The second-order valence-electron chi connectivity index (χ2n) is 13.8. The molecule has 1 aromatic heterocycles. The number of fused-ring (bicyclic) bond motifs is 1. The number of anilines is 1. The average molecular weight is 655 g/mol. The maximum Gasteiger partial charge on any atom is 0.416 e. The minimum absolute atomic E-state index is 0.0109. The lowest BCUT2D eigenvalue weighted by Gasteiger charge is -2.48. The molecule has 3 aliphatic heterocycles. The Kier molecular flexibility index (Phi) is 7.34. The van der Waals surface area contributed by atoms with Gasteiger partial charge >= 0.3 is 12.7 Å². The predicted octanol–water partition coefficient (Wildman–Crippen LogP) is 6.35. The van der Waals surface area contributed by atoms with Crippen LogP contribution in [-0.2, 0) is 22.9 Å². The van der Waals surface area contributed by atoms with Gasteiger partial charge in [0.15, 0.2) is 0 Å². The van der Waals surface area contributed by atoms with Crippen molar-refractivity contribution in [2.45, 2.75) is 63.8 Å². The molecule has 0 unspecified atom stereocenters. The van der Waals surface area contributed by atoms with Crippen LogP contribution in [-0.4, -0.2) is 62.6 Å². The fraction of sp³-hybridized carbons (Fsp3) is 0.471. The molecule has 47 heavy (non-hydrogen) atoms. The van der Waals surface area contributed by atoms with Gasteiger partial charge in [0.2, 0.25) is 5.91 Å². The van der Waals surface area contributed by atoms with Crippen molar-refractivity contribution in [2.24, 2.45) is 11.3 Å². The highest BCUT2D eigenvalue weighted by atomic mass is 19.4. The Hall–Kier alpha value is -4.13. The van der Waals surface area contributed by atoms with Crippen LogP contribution in [0.3, 0.4) is 0 Å². The summed E-state index contributed by atoms with van der Waals surface area (Å²) in [6.07, 6.45) is -0.500. The summed E-state index contributed by atoms with van der Waals surface area (Å²) in [5.41, 5.74) is -0.403. The molecule has 4 heterocycles. The minimum Gasteiger partial charge on any atom is -0.338 e. The van der Waals surface area contributed by atoms with Crippen LogP contribution in [0.4, 0.5) is 27.6 Å². The summed E-state index contributed by atoms with van der Waals surface area (Å²) in [4.78, 5) is 31.1. The number of carbonyl (C=O) groups excluding carboxylic acids is 2. The molecule has 2 aromatic carbocycles. The zero-order valence-corrected chi connectivity index (χ0v) is 26.1. The van der Waals surface area contributed by atoms with Gasteiger partial charge in [-0.3, -0.25) is 19.1 Å². The monoisotopic (exact) mass is 654 g/mol. The third kappa shape index (κ3) is 5.04. The summed E-state index contributed by atoms with van der Waals surface area (Å²) < 4.78 is 72.1. The second-order valence-corrected chi connectivity index (χ2v) is 13.8. The summed E-state index contributed by atoms with van der Waals surface area (Å²) >= 11 is 0. The van der Waals surface area contributed by atoms with E-state index in [0.29, 0.717) is 55.8 Å². The molecule has 3 aromatic rings. The normalized spacial score (nSPS) is 24.4. The largest absolute Gasteiger partial charge is 0.416 e. The summed E-state index contributed by atoms with van der Waals surface area (Å²) in [7, 11) is 0. The summed E-state index contributed by atoms with van der Waals surface area (Å²) in [6, 6.07) is 9.20. The van der Waals surface area contributed by atoms with E-state index in [1.54, 1.807) is 35.2 Å². The molecule has 2 saturated heterocycles. The van der Waals surface area contributed by atoms with Crippen molar-refractivity contribution < 1.29 is 31.5 Å². The first-order valence-electron chi connectivity index (χ1n) is 15.8. The van der Waals surface area contributed by atoms with Crippen molar-refractivity contribution in [2.75, 3.05) is 31.1 Å². The Labute approximate surface area is 268 Å². The number of benzene rings is 2. The van der Waals surface area contributed by atoms with Crippen LogP contribution in [0.15, 0.2) is 55.4 Å². The molecular formula is C34H35F5N6O2. The Balaban J connectivity index is 1.18. The van der Waals surface area contributed by atoms with Gasteiger partial charge in [-0.25, -0.2) is 0 Å². The Morgan fingerprint density at radius 2 is 1.87 bits per heavy atom. The van der Waals surface area contributed by atoms with E-state index < -0.39 is 29.6 Å². The second kappa shape index (κ2) is 11.0. The summed E-state index contributed by atoms with van der Waals surface area (Å²) in [5, 5.41) is 7.78. The van der Waals surface area contributed by atoms with Crippen molar-refractivity contribution in [1.29, 1.82) is 0 Å². The van der Waals surface area contributed by atoms with Gasteiger partial charge in [-0.1, -0.05) is 25.6 Å². The average Bonchev–Trinajstić information content (AvgIpc) is 3.75. The first kappa shape index (κ1) is 31.5. The maximum absolute atomic E-state index is 14.6. The molecule has 4 aliphatic rings. The zero-order valence-electron chi connectivity index (χ0n) is 26.1. The number of rotatable bonds is 7. The molecule has 3 fully saturated rings. The number of carbonyl (C=O) groups is 2. The standard InChI is InChI=1S/C34H35F5N6O2/c1-4-28(46)43-17-32(18-43)8-9-42(16-32)21(3)22-10-25-26(27(11-22)34(37,38)39)15-44(29(25)47)24-7-5-6-23(12-24)33(13-20(2)14-33)30-41-40-19-45(30)31(35)36/h4-7,10-12,19-21,31H,1,8-9,13-18H2,2-3H3/t20?,21-,33?/m0/s1. The van der Waals surface area contributed by atoms with E-state index >= 15 is 0 Å². The van der Waals surface area contributed by atoms with Crippen LogP contribution in [0.2, 0.25) is 0 Å². The van der Waals surface area contributed by atoms with Crippen molar-refractivity contribution in [3.05, 3.63) is 89.0 Å². The van der Waals surface area contributed by atoms with Gasteiger partial charge in [-0.05, 0) is 85.7 Å². The van der Waals surface area contributed by atoms with Crippen molar-refractivity contribution in [3.63, 3.8) is 0 Å². The van der Waals surface area contributed by atoms with Gasteiger partial charge in [0.05, 0.1) is 17.5 Å². The maximum atomic E-state index is 14.6. The van der Waals surface area contributed by atoms with Crippen LogP contribution in [0.5, 0.6) is 0 Å². The lowest BCUT2D eigenvalue weighted by molar-refractivity contribution is -0.138. The predicted molar refractivity (Wildman–Crippen MR) is 163 cm³/mol. The SMILES string of the molecule is C=CC(=O)N1CC2(CCN([C@@H](C)c3cc4c(c(C(F)(F)F)c3)CN(c3cccc(C5(c6nncn6C(F)F)CC(C)C5)c3)C4=O)C2)C1. The smallest absolute Gasteiger partial charge is 0.338 e. The van der Waals surface area contributed by atoms with Crippen LogP contribution in [0.25, 0.3) is 0 Å². The number of alkyl halides is 5. The quantitative estimate of drug-likeness (QED) is 0.219. The van der Waals surface area contributed by atoms with Gasteiger partial charge in [0.25, 0.3) is 5.91 Å². The van der Waals surface area contributed by atoms with Gasteiger partial charge in [0.1, 0.15) is 12.2 Å². The molecular weight excluding hydrogens is 619 g/mol. The van der Waals surface area contributed by atoms with Gasteiger partial charge in [0, 0.05) is 42.3 Å². The Bertz CT molecular complexity index is 1760. The lowest BCUT2D eigenvalue weighted by Crippen LogP contribution is -2.59. The number of hydrogen-bond acceptors (Lipinski definition) is 5. The van der Waals surface area contributed by atoms with Crippen molar-refractivity contribution >= 4 is 17.5 Å². The third-order valence-electron chi connectivity index (χ3n) is 10.7. The van der Waals surface area contributed by atoms with E-state index in [1.807, 2.05) is 13.8 Å². The van der Waals surface area contributed by atoms with E-state index in [4.69, 9.17) is 0 Å². The van der Waals surface area contributed by atoms with E-state index in [9.17, 15) is 31.5 Å². The van der Waals surface area contributed by atoms with Crippen LogP contribution in [0, 0.1) is 11.3 Å². The molecule has 1 aliphatic carbocycles. The number of amides is 2. The van der Waals surface area contributed by atoms with Gasteiger partial charge in [-0.15, -0.1) is 10.2 Å². The van der Waals surface area contributed by atoms with Crippen molar-refractivity contribution in [3.8, 4) is 0 Å². The number of hydrogen-bond donors (Lipinski definition) is 0. The number of nitrogens with zero attached hydrogens (tertiary/aromatic N) is 6. The van der Waals surface area contributed by atoms with Crippen LogP contribution in [0.1, 0.15) is 84.1 Å². The molecule has 7 rings (SSSR count). The molecule has 1 spiro atoms. The molecule has 13 heteroatoms. The number of halogens is 5. The number of likely N-dealkylation sites (tertiary alicyclic amines) is 2. The van der Waals surface area contributed by atoms with Gasteiger partial charge in [-0.2, -0.15) is 22.0 Å². The molecule has 1 atom stereocenters. The fourth-order valence-electron chi connectivity index (χ4n) is 8.33. The van der Waals surface area contributed by atoms with Crippen LogP contribution >= 0.6 is 0 Å². The van der Waals surface area contributed by atoms with E-state index in [2.05, 4.69) is 21.7 Å². The summed E-state index contributed by atoms with van der Waals surface area (Å²) in [5.74, 6) is -0.309. The van der Waals surface area contributed by atoms with Crippen molar-refractivity contribution in [1.82, 2.24) is 24.6 Å². The first-order chi connectivity index (χ1) is 22.2. The van der Waals surface area contributed by atoms with Gasteiger partial charge < -0.3 is 9.80 Å². The molecule has 0 radical (unpaired) electrons. The lowest BCUT2D eigenvalue weighted by atomic mass is 9.58. The molecule has 248 valence electrons. The minimum atomic E-state index is -4.69. The van der Waals surface area contributed by atoms with E-state index in [0.717, 1.165) is 23.4 Å². The topological polar surface area (TPSA) is 74.6 Å². The molecule has 2 amide bonds. The van der Waals surface area contributed by atoms with Crippen LogP contribution < -0.4 is 4.90 Å². The Morgan fingerprint density at radius 1 is 1.13 bits per heavy atom. The fourth-order valence-corrected chi connectivity index (χ4v) is 8.33. The van der Waals surface area contributed by atoms with E-state index in [-0.39, 0.29) is 46.8 Å². The Morgan fingerprint density at radius 3 is 2.53 bits per heavy atom. The highest BCUT2D eigenvalue weighted by molar-refractivity contribution is 6.10. The highest BCUT2D eigenvalue weighted by Crippen LogP contribution is 2.53. The highest BCUT2D eigenvalue weighted by Gasteiger charge is 2.51. The summed E-state index contributed by atoms with van der Waals surface area (Å²) in [6.45, 7) is 6.78. The zero-order chi connectivity index (χ0) is 33.5. The molecule has 1 saturated carbocycles. The molecule has 0 bridgehead atoms. The van der Waals surface area contributed by atoms with E-state index in [1.165, 1.54) is 11.0 Å². The third-order valence-corrected chi connectivity index (χ3v) is 10.7. The number of aromatic nitrogens is 3. The molecule has 8 nitrogen and oxygen atoms in total. The molecule has 0 N–H and O–H groups in total. The first-order valence-corrected chi connectivity index (χ1v) is 15.8.